The minimum atomic E-state index is -0.918. The number of esters is 1. The Hall–Kier alpha value is -1.56. The maximum absolute atomic E-state index is 12.6. The SMILES string of the molecule is CC(C)(C)OC(=O)N[C@@H](Cc1nc(Br)cs1)C(=O)COC(=O)[C@@H]1CCCNN1. The number of amides is 1. The number of aromatic nitrogens is 1. The fourth-order valence-electron chi connectivity index (χ4n) is 2.43. The largest absolute Gasteiger partial charge is 0.456 e. The summed E-state index contributed by atoms with van der Waals surface area (Å²) in [6.45, 7) is 5.52. The van der Waals surface area contributed by atoms with Crippen molar-refractivity contribution in [3.63, 3.8) is 0 Å². The summed E-state index contributed by atoms with van der Waals surface area (Å²) < 4.78 is 11.0. The minimum absolute atomic E-state index is 0.176. The lowest BCUT2D eigenvalue weighted by molar-refractivity contribution is -0.151. The molecular formula is C17H25BrN4O5S. The predicted octanol–water partition coefficient (Wildman–Crippen LogP) is 1.71. The molecule has 1 fully saturated rings. The molecule has 1 aliphatic rings. The smallest absolute Gasteiger partial charge is 0.408 e. The van der Waals surface area contributed by atoms with Gasteiger partial charge in [-0.2, -0.15) is 0 Å². The summed E-state index contributed by atoms with van der Waals surface area (Å²) in [5.74, 6) is -0.942. The molecule has 28 heavy (non-hydrogen) atoms. The van der Waals surface area contributed by atoms with Crippen molar-refractivity contribution in [2.75, 3.05) is 13.2 Å². The number of hydrogen-bond acceptors (Lipinski definition) is 9. The topological polar surface area (TPSA) is 119 Å². The fourth-order valence-corrected chi connectivity index (χ4v) is 3.75. The molecule has 2 heterocycles. The van der Waals surface area contributed by atoms with E-state index in [1.165, 1.54) is 11.3 Å². The molecule has 0 aromatic carbocycles. The Labute approximate surface area is 176 Å². The summed E-state index contributed by atoms with van der Waals surface area (Å²) in [6.07, 6.45) is 0.926. The van der Waals surface area contributed by atoms with Crippen LogP contribution in [0.2, 0.25) is 0 Å². The molecule has 9 nitrogen and oxygen atoms in total. The molecule has 1 aliphatic heterocycles. The van der Waals surface area contributed by atoms with Crippen molar-refractivity contribution in [3.05, 3.63) is 15.0 Å². The van der Waals surface area contributed by atoms with Crippen LogP contribution in [0.15, 0.2) is 9.98 Å². The van der Waals surface area contributed by atoms with Crippen LogP contribution in [0, 0.1) is 0 Å². The first-order chi connectivity index (χ1) is 13.1. The lowest BCUT2D eigenvalue weighted by Gasteiger charge is -2.24. The molecule has 11 heteroatoms. The van der Waals surface area contributed by atoms with E-state index < -0.39 is 42.1 Å². The lowest BCUT2D eigenvalue weighted by atomic mass is 10.1. The lowest BCUT2D eigenvalue weighted by Crippen LogP contribution is -2.51. The van der Waals surface area contributed by atoms with Gasteiger partial charge in [0.15, 0.2) is 12.4 Å². The number of carbonyl (C=O) groups excluding carboxylic acids is 3. The van der Waals surface area contributed by atoms with E-state index in [1.807, 2.05) is 0 Å². The summed E-state index contributed by atoms with van der Waals surface area (Å²) >= 11 is 4.62. The summed E-state index contributed by atoms with van der Waals surface area (Å²) in [5.41, 5.74) is 5.02. The van der Waals surface area contributed by atoms with Gasteiger partial charge in [0.2, 0.25) is 0 Å². The van der Waals surface area contributed by atoms with Crippen LogP contribution in [-0.4, -0.2) is 53.7 Å². The van der Waals surface area contributed by atoms with Crippen LogP contribution in [0.1, 0.15) is 38.6 Å². The second-order valence-electron chi connectivity index (χ2n) is 7.31. The molecule has 2 atom stereocenters. The molecule has 1 aromatic heterocycles. The number of ether oxygens (including phenoxy) is 2. The quantitative estimate of drug-likeness (QED) is 0.508. The Kier molecular flexibility index (Phi) is 8.35. The van der Waals surface area contributed by atoms with Crippen LogP contribution in [0.3, 0.4) is 0 Å². The second kappa shape index (κ2) is 10.3. The van der Waals surface area contributed by atoms with Gasteiger partial charge in [0.1, 0.15) is 22.3 Å². The molecule has 0 spiro atoms. The number of nitrogens with one attached hydrogen (secondary N) is 3. The highest BCUT2D eigenvalue weighted by molar-refractivity contribution is 9.10. The van der Waals surface area contributed by atoms with E-state index in [0.29, 0.717) is 16.0 Å². The van der Waals surface area contributed by atoms with Gasteiger partial charge in [-0.05, 0) is 49.5 Å². The van der Waals surface area contributed by atoms with Crippen molar-refractivity contribution < 1.29 is 23.9 Å². The number of rotatable bonds is 7. The molecule has 1 saturated heterocycles. The fraction of sp³-hybridized carbons (Fsp3) is 0.647. The Morgan fingerprint density at radius 1 is 1.43 bits per heavy atom. The molecule has 2 rings (SSSR count). The number of Topliss-reactive ketones (excluding diaryl/α,β-unsaturated/α-hetero) is 1. The molecule has 1 aromatic rings. The van der Waals surface area contributed by atoms with E-state index in [-0.39, 0.29) is 6.42 Å². The minimum Gasteiger partial charge on any atom is -0.456 e. The first kappa shape index (κ1) is 22.7. The Bertz CT molecular complexity index is 700. The van der Waals surface area contributed by atoms with Gasteiger partial charge in [-0.1, -0.05) is 0 Å². The van der Waals surface area contributed by atoms with Crippen LogP contribution in [-0.2, 0) is 25.5 Å². The summed E-state index contributed by atoms with van der Waals surface area (Å²) in [7, 11) is 0. The van der Waals surface area contributed by atoms with Crippen molar-refractivity contribution >= 4 is 45.1 Å². The monoisotopic (exact) mass is 476 g/mol. The van der Waals surface area contributed by atoms with Gasteiger partial charge in [-0.25, -0.2) is 15.2 Å². The molecule has 1 amide bonds. The molecule has 0 bridgehead atoms. The number of thiazole rings is 1. The number of alkyl carbamates (subject to hydrolysis) is 1. The van der Waals surface area contributed by atoms with Crippen LogP contribution < -0.4 is 16.2 Å². The van der Waals surface area contributed by atoms with Crippen LogP contribution >= 0.6 is 27.3 Å². The van der Waals surface area contributed by atoms with Gasteiger partial charge in [0.05, 0.1) is 5.01 Å². The summed E-state index contributed by atoms with van der Waals surface area (Å²) in [6, 6.07) is -1.41. The van der Waals surface area contributed by atoms with E-state index in [9.17, 15) is 14.4 Å². The zero-order valence-electron chi connectivity index (χ0n) is 16.0. The third kappa shape index (κ3) is 7.82. The van der Waals surface area contributed by atoms with E-state index in [0.717, 1.165) is 13.0 Å². The van der Waals surface area contributed by atoms with Gasteiger partial charge >= 0.3 is 12.1 Å². The zero-order valence-corrected chi connectivity index (χ0v) is 18.4. The first-order valence-electron chi connectivity index (χ1n) is 8.91. The van der Waals surface area contributed by atoms with Gasteiger partial charge in [0.25, 0.3) is 0 Å². The van der Waals surface area contributed by atoms with Gasteiger partial charge in [0, 0.05) is 18.3 Å². The van der Waals surface area contributed by atoms with Crippen LogP contribution in [0.5, 0.6) is 0 Å². The number of ketones is 1. The van der Waals surface area contributed by atoms with E-state index in [1.54, 1.807) is 26.2 Å². The normalized spacial score (nSPS) is 18.2. The predicted molar refractivity (Wildman–Crippen MR) is 107 cm³/mol. The van der Waals surface area contributed by atoms with Gasteiger partial charge in [-0.15, -0.1) is 11.3 Å². The van der Waals surface area contributed by atoms with Crippen molar-refractivity contribution in [3.8, 4) is 0 Å². The number of halogens is 1. The number of hydrazine groups is 1. The molecule has 0 aliphatic carbocycles. The van der Waals surface area contributed by atoms with Crippen LogP contribution in [0.4, 0.5) is 4.79 Å². The maximum Gasteiger partial charge on any atom is 0.408 e. The van der Waals surface area contributed by atoms with Gasteiger partial charge in [-0.3, -0.25) is 15.0 Å². The average molecular weight is 477 g/mol. The van der Waals surface area contributed by atoms with Crippen molar-refractivity contribution in [2.45, 2.75) is 57.7 Å². The standard InChI is InChI=1S/C17H25BrN4O5S/c1-17(2,3)27-16(25)20-11(7-14-21-13(18)9-28-14)12(23)8-26-15(24)10-5-4-6-19-22-10/h9-11,19,22H,4-8H2,1-3H3,(H,20,25)/t10-,11-/m0/s1. The summed E-state index contributed by atoms with van der Waals surface area (Å²) in [4.78, 5) is 41.1. The molecule has 0 saturated carbocycles. The number of nitrogens with zero attached hydrogens (tertiary/aromatic N) is 1. The van der Waals surface area contributed by atoms with Crippen molar-refractivity contribution in [1.82, 2.24) is 21.2 Å². The summed E-state index contributed by atoms with van der Waals surface area (Å²) in [5, 5.41) is 5.00. The average Bonchev–Trinajstić information content (AvgIpc) is 3.02. The molecule has 0 radical (unpaired) electrons. The highest BCUT2D eigenvalue weighted by Crippen LogP contribution is 2.17. The number of hydrogen-bond donors (Lipinski definition) is 3. The third-order valence-electron chi connectivity index (χ3n) is 3.69. The van der Waals surface area contributed by atoms with Gasteiger partial charge < -0.3 is 14.8 Å². The highest BCUT2D eigenvalue weighted by atomic mass is 79.9. The van der Waals surface area contributed by atoms with E-state index in [2.05, 4.69) is 37.1 Å². The highest BCUT2D eigenvalue weighted by Gasteiger charge is 2.28. The molecular weight excluding hydrogens is 452 g/mol. The molecule has 3 N–H and O–H groups in total. The molecule has 156 valence electrons. The Morgan fingerprint density at radius 2 is 2.18 bits per heavy atom. The third-order valence-corrected chi connectivity index (χ3v) is 5.27. The maximum atomic E-state index is 12.6. The number of carbonyl (C=O) groups is 3. The Balaban J connectivity index is 1.96. The van der Waals surface area contributed by atoms with Crippen molar-refractivity contribution in [1.29, 1.82) is 0 Å². The molecule has 0 unspecified atom stereocenters. The van der Waals surface area contributed by atoms with Crippen molar-refractivity contribution in [2.24, 2.45) is 0 Å². The van der Waals surface area contributed by atoms with Crippen LogP contribution in [0.25, 0.3) is 0 Å². The van der Waals surface area contributed by atoms with E-state index in [4.69, 9.17) is 9.47 Å². The zero-order chi connectivity index (χ0) is 20.7. The van der Waals surface area contributed by atoms with E-state index >= 15 is 0 Å². The first-order valence-corrected chi connectivity index (χ1v) is 10.6. The second-order valence-corrected chi connectivity index (χ2v) is 9.06. The Morgan fingerprint density at radius 3 is 2.75 bits per heavy atom.